The monoisotopic (exact) mass is 518 g/mol. The molecule has 4 aliphatic carbocycles. The van der Waals surface area contributed by atoms with Crippen LogP contribution < -0.4 is 0 Å². The van der Waals surface area contributed by atoms with Gasteiger partial charge in [-0.1, -0.05) is 32.4 Å². The molecule has 1 aliphatic heterocycles. The molecule has 7 nitrogen and oxygen atoms in total. The molecule has 5 aliphatic rings. The first kappa shape index (κ1) is 27.1. The summed E-state index contributed by atoms with van der Waals surface area (Å²) in [7, 11) is 0. The Morgan fingerprint density at radius 1 is 1.27 bits per heavy atom. The van der Waals surface area contributed by atoms with Gasteiger partial charge in [-0.15, -0.1) is 0 Å². The normalized spacial score (nSPS) is 47.6. The van der Waals surface area contributed by atoms with Gasteiger partial charge in [-0.25, -0.2) is 0 Å². The first-order chi connectivity index (χ1) is 17.3. The van der Waals surface area contributed by atoms with Gasteiger partial charge in [-0.3, -0.25) is 9.59 Å². The molecule has 0 aromatic carbocycles. The van der Waals surface area contributed by atoms with Crippen LogP contribution in [0.3, 0.4) is 0 Å². The van der Waals surface area contributed by atoms with Gasteiger partial charge < -0.3 is 24.8 Å². The maximum atomic E-state index is 12.0. The molecule has 0 bridgehead atoms. The number of ether oxygens (including phenoxy) is 2. The van der Waals surface area contributed by atoms with E-state index in [2.05, 4.69) is 19.9 Å². The predicted molar refractivity (Wildman–Crippen MR) is 137 cm³/mol. The molecule has 12 atom stereocenters. The van der Waals surface area contributed by atoms with Crippen molar-refractivity contribution in [3.8, 4) is 0 Å². The van der Waals surface area contributed by atoms with Crippen LogP contribution in [0.2, 0.25) is 0 Å². The maximum absolute atomic E-state index is 12.0. The minimum absolute atomic E-state index is 0.0371. The molecule has 0 spiro atoms. The summed E-state index contributed by atoms with van der Waals surface area (Å²) in [4.78, 5) is 23.9. The first-order valence-corrected chi connectivity index (χ1v) is 14.4. The van der Waals surface area contributed by atoms with Gasteiger partial charge in [0.15, 0.2) is 0 Å². The molecule has 3 N–H and O–H groups in total. The zero-order valence-corrected chi connectivity index (χ0v) is 23.1. The summed E-state index contributed by atoms with van der Waals surface area (Å²) in [5.74, 6) is 0.306. The van der Waals surface area contributed by atoms with Crippen LogP contribution in [-0.4, -0.2) is 57.8 Å². The van der Waals surface area contributed by atoms with Crippen LogP contribution in [0.1, 0.15) is 86.0 Å². The summed E-state index contributed by atoms with van der Waals surface area (Å²) in [5, 5.41) is 33.6. The van der Waals surface area contributed by atoms with Crippen molar-refractivity contribution in [2.24, 2.45) is 46.3 Å². The predicted octanol–water partition coefficient (Wildman–Crippen LogP) is 3.78. The summed E-state index contributed by atoms with van der Waals surface area (Å²) in [6, 6.07) is 0. The SMILES string of the molecule is CC(=O)OC1C[C@H](O)CC2=CC[C@H]3[C@@H]4CC[C@H]([C@@](C)(O)[C@@H](O)C[C@@H]5COC(=O)[C@@H]5C)[C@@]4(C)CC[C@@H]3[C@]21C. The van der Waals surface area contributed by atoms with Crippen LogP contribution in [-0.2, 0) is 19.1 Å². The average molecular weight is 519 g/mol. The third-order valence-corrected chi connectivity index (χ3v) is 11.9. The molecule has 1 heterocycles. The van der Waals surface area contributed by atoms with Crippen LogP contribution in [0.15, 0.2) is 11.6 Å². The van der Waals surface area contributed by atoms with Crippen LogP contribution in [0, 0.1) is 46.3 Å². The van der Waals surface area contributed by atoms with Crippen molar-refractivity contribution in [3.63, 3.8) is 0 Å². The van der Waals surface area contributed by atoms with Crippen LogP contribution in [0.5, 0.6) is 0 Å². The molecule has 208 valence electrons. The highest BCUT2D eigenvalue weighted by Crippen LogP contribution is 2.68. The third-order valence-electron chi connectivity index (χ3n) is 11.9. The molecular weight excluding hydrogens is 472 g/mol. The smallest absolute Gasteiger partial charge is 0.309 e. The molecule has 37 heavy (non-hydrogen) atoms. The molecule has 0 amide bonds. The topological polar surface area (TPSA) is 113 Å². The molecule has 1 unspecified atom stereocenters. The van der Waals surface area contributed by atoms with E-state index >= 15 is 0 Å². The van der Waals surface area contributed by atoms with Gasteiger partial charge in [0.05, 0.1) is 30.3 Å². The van der Waals surface area contributed by atoms with E-state index in [1.165, 1.54) is 12.5 Å². The summed E-state index contributed by atoms with van der Waals surface area (Å²) in [5.41, 5.74) is -0.398. The van der Waals surface area contributed by atoms with Gasteiger partial charge in [0.25, 0.3) is 0 Å². The summed E-state index contributed by atoms with van der Waals surface area (Å²) >= 11 is 0. The molecule has 0 aromatic heterocycles. The molecule has 0 aromatic rings. The molecular formula is C30H46O7. The molecule has 0 radical (unpaired) electrons. The highest BCUT2D eigenvalue weighted by atomic mass is 16.5. The number of hydrogen-bond acceptors (Lipinski definition) is 7. The van der Waals surface area contributed by atoms with Crippen molar-refractivity contribution in [1.29, 1.82) is 0 Å². The minimum Gasteiger partial charge on any atom is -0.465 e. The van der Waals surface area contributed by atoms with Crippen molar-refractivity contribution in [3.05, 3.63) is 11.6 Å². The van der Waals surface area contributed by atoms with E-state index in [1.54, 1.807) is 6.92 Å². The number of aliphatic hydroxyl groups is 3. The highest BCUT2D eigenvalue weighted by Gasteiger charge is 2.64. The Morgan fingerprint density at radius 3 is 2.65 bits per heavy atom. The van der Waals surface area contributed by atoms with E-state index in [0.717, 1.165) is 32.1 Å². The standard InChI is InChI=1S/C30H46O7/c1-16-18(15-36-27(16)34)12-25(33)30(5,35)24-9-8-22-21-7-6-19-13-20(32)14-26(37-17(2)31)29(19,4)23(21)10-11-28(22,24)3/h6,16,18,20-26,32-33,35H,7-15H2,1-5H3/t16-,18-,20-,21+,22+,23+,24+,25+,26?,28+,29+,30-/m1/s1. The third kappa shape index (κ3) is 4.19. The summed E-state index contributed by atoms with van der Waals surface area (Å²) in [6.07, 6.45) is 6.82. The first-order valence-electron chi connectivity index (χ1n) is 14.4. The van der Waals surface area contributed by atoms with E-state index in [0.29, 0.717) is 43.6 Å². The number of esters is 2. The van der Waals surface area contributed by atoms with Crippen LogP contribution in [0.4, 0.5) is 0 Å². The van der Waals surface area contributed by atoms with Gasteiger partial charge in [0, 0.05) is 24.7 Å². The second-order valence-corrected chi connectivity index (χ2v) is 13.6. The summed E-state index contributed by atoms with van der Waals surface area (Å²) in [6.45, 7) is 9.96. The quantitative estimate of drug-likeness (QED) is 0.375. The second kappa shape index (κ2) is 9.34. The fourth-order valence-corrected chi connectivity index (χ4v) is 9.69. The van der Waals surface area contributed by atoms with Crippen molar-refractivity contribution in [2.45, 2.75) is 110 Å². The Balaban J connectivity index is 1.38. The van der Waals surface area contributed by atoms with Crippen molar-refractivity contribution >= 4 is 11.9 Å². The molecule has 3 saturated carbocycles. The lowest BCUT2D eigenvalue weighted by molar-refractivity contribution is -0.174. The fraction of sp³-hybridized carbons (Fsp3) is 0.867. The zero-order valence-electron chi connectivity index (χ0n) is 23.1. The molecule has 7 heteroatoms. The lowest BCUT2D eigenvalue weighted by Crippen LogP contribution is -2.58. The lowest BCUT2D eigenvalue weighted by Gasteiger charge is -2.60. The Bertz CT molecular complexity index is 958. The van der Waals surface area contributed by atoms with E-state index < -0.39 is 17.8 Å². The van der Waals surface area contributed by atoms with Crippen LogP contribution >= 0.6 is 0 Å². The number of allylic oxidation sites excluding steroid dienone is 1. The van der Waals surface area contributed by atoms with Crippen molar-refractivity contribution < 1.29 is 34.4 Å². The van der Waals surface area contributed by atoms with E-state index in [4.69, 9.17) is 9.47 Å². The van der Waals surface area contributed by atoms with E-state index in [1.807, 2.05) is 6.92 Å². The fourth-order valence-electron chi connectivity index (χ4n) is 9.69. The second-order valence-electron chi connectivity index (χ2n) is 13.6. The van der Waals surface area contributed by atoms with Gasteiger partial charge in [0.2, 0.25) is 0 Å². The molecule has 5 rings (SSSR count). The number of carbonyl (C=O) groups is 2. The number of aliphatic hydroxyl groups excluding tert-OH is 2. The summed E-state index contributed by atoms with van der Waals surface area (Å²) < 4.78 is 11.0. The number of hydrogen-bond donors (Lipinski definition) is 3. The maximum Gasteiger partial charge on any atom is 0.309 e. The Kier molecular flexibility index (Phi) is 6.85. The Labute approximate surface area is 221 Å². The van der Waals surface area contributed by atoms with Gasteiger partial charge in [0.1, 0.15) is 6.10 Å². The number of fused-ring (bicyclic) bond motifs is 5. The largest absolute Gasteiger partial charge is 0.465 e. The van der Waals surface area contributed by atoms with E-state index in [-0.39, 0.29) is 46.6 Å². The minimum atomic E-state index is -1.25. The average Bonchev–Trinajstić information content (AvgIpc) is 3.34. The van der Waals surface area contributed by atoms with Gasteiger partial charge >= 0.3 is 11.9 Å². The van der Waals surface area contributed by atoms with Gasteiger partial charge in [-0.05, 0) is 81.0 Å². The van der Waals surface area contributed by atoms with Crippen molar-refractivity contribution in [2.75, 3.05) is 6.61 Å². The highest BCUT2D eigenvalue weighted by molar-refractivity contribution is 5.74. The van der Waals surface area contributed by atoms with E-state index in [9.17, 15) is 24.9 Å². The number of carbonyl (C=O) groups excluding carboxylic acids is 2. The number of rotatable bonds is 5. The molecule has 4 fully saturated rings. The Morgan fingerprint density at radius 2 is 2.00 bits per heavy atom. The lowest BCUT2D eigenvalue weighted by atomic mass is 9.46. The Hall–Kier alpha value is -1.44. The van der Waals surface area contributed by atoms with Gasteiger partial charge in [-0.2, -0.15) is 0 Å². The zero-order chi connectivity index (χ0) is 26.9. The molecule has 1 saturated heterocycles. The van der Waals surface area contributed by atoms with Crippen LogP contribution in [0.25, 0.3) is 0 Å². The van der Waals surface area contributed by atoms with Crippen molar-refractivity contribution in [1.82, 2.24) is 0 Å². The number of cyclic esters (lactones) is 1.